The first-order valence-electron chi connectivity index (χ1n) is 4.15. The molecule has 11 heavy (non-hydrogen) atoms. The zero-order valence-corrected chi connectivity index (χ0v) is 7.94. The van der Waals surface area contributed by atoms with Crippen molar-refractivity contribution in [3.8, 4) is 0 Å². The van der Waals surface area contributed by atoms with Crippen molar-refractivity contribution < 1.29 is 0 Å². The fraction of sp³-hybridized carbons (Fsp3) is 0.600. The second-order valence-electron chi connectivity index (χ2n) is 3.51. The molecule has 0 bridgehead atoms. The molecule has 0 aromatic rings. The summed E-state index contributed by atoms with van der Waals surface area (Å²) in [7, 11) is 4.24. The largest absolute Gasteiger partial charge is 0.381 e. The van der Waals surface area contributed by atoms with Gasteiger partial charge in [0.15, 0.2) is 0 Å². The van der Waals surface area contributed by atoms with Crippen molar-refractivity contribution in [2.45, 2.75) is 26.7 Å². The highest BCUT2D eigenvalue weighted by molar-refractivity contribution is 5.30. The number of hydrogen-bond donors (Lipinski definition) is 0. The lowest BCUT2D eigenvalue weighted by molar-refractivity contribution is 0.477. The third-order valence-corrected chi connectivity index (χ3v) is 2.21. The van der Waals surface area contributed by atoms with Gasteiger partial charge in [0.05, 0.1) is 0 Å². The Hall–Kier alpha value is -0.720. The molecular formula is C10H17N. The molecular weight excluding hydrogens is 134 g/mol. The standard InChI is InChI=1S/C10H17N/c1-8-5-6-10(11(3)4)9(2)7-8/h7H,5-6H2,1-4H3. The minimum atomic E-state index is 1.21. The topological polar surface area (TPSA) is 3.24 Å². The SMILES string of the molecule is CC1=CC(C)=C(N(C)C)CC1. The van der Waals surface area contributed by atoms with E-state index in [0.29, 0.717) is 0 Å². The van der Waals surface area contributed by atoms with Crippen molar-refractivity contribution in [2.75, 3.05) is 14.1 Å². The molecule has 0 fully saturated rings. The molecule has 0 heterocycles. The van der Waals surface area contributed by atoms with E-state index in [1.54, 1.807) is 0 Å². The highest BCUT2D eigenvalue weighted by Crippen LogP contribution is 2.24. The fourth-order valence-corrected chi connectivity index (χ4v) is 1.61. The molecule has 1 aliphatic rings. The van der Waals surface area contributed by atoms with Gasteiger partial charge in [0.1, 0.15) is 0 Å². The van der Waals surface area contributed by atoms with Crippen LogP contribution in [0.2, 0.25) is 0 Å². The van der Waals surface area contributed by atoms with Gasteiger partial charge in [0.2, 0.25) is 0 Å². The van der Waals surface area contributed by atoms with Crippen molar-refractivity contribution in [3.05, 3.63) is 22.9 Å². The lowest BCUT2D eigenvalue weighted by Crippen LogP contribution is -2.14. The lowest BCUT2D eigenvalue weighted by atomic mass is 9.98. The average molecular weight is 151 g/mol. The average Bonchev–Trinajstić information content (AvgIpc) is 1.85. The zero-order chi connectivity index (χ0) is 8.43. The molecule has 0 N–H and O–H groups in total. The number of hydrogen-bond acceptors (Lipinski definition) is 1. The summed E-state index contributed by atoms with van der Waals surface area (Å²) >= 11 is 0. The molecule has 0 aromatic heterocycles. The van der Waals surface area contributed by atoms with Gasteiger partial charge in [-0.2, -0.15) is 0 Å². The minimum Gasteiger partial charge on any atom is -0.381 e. The normalized spacial score (nSPS) is 18.4. The Bertz CT molecular complexity index is 209. The zero-order valence-electron chi connectivity index (χ0n) is 7.94. The summed E-state index contributed by atoms with van der Waals surface area (Å²) in [6.45, 7) is 4.40. The Labute approximate surface area is 69.4 Å². The molecule has 1 nitrogen and oxygen atoms in total. The van der Waals surface area contributed by atoms with Crippen LogP contribution in [0.25, 0.3) is 0 Å². The predicted octanol–water partition coefficient (Wildman–Crippen LogP) is 2.56. The van der Waals surface area contributed by atoms with E-state index in [0.717, 1.165) is 0 Å². The maximum absolute atomic E-state index is 2.29. The first-order chi connectivity index (χ1) is 5.11. The van der Waals surface area contributed by atoms with E-state index >= 15 is 0 Å². The summed E-state index contributed by atoms with van der Waals surface area (Å²) in [6, 6.07) is 0. The molecule has 0 radical (unpaired) electrons. The van der Waals surface area contributed by atoms with Crippen LogP contribution in [0.4, 0.5) is 0 Å². The highest BCUT2D eigenvalue weighted by atomic mass is 15.1. The Morgan fingerprint density at radius 1 is 1.18 bits per heavy atom. The predicted molar refractivity (Wildman–Crippen MR) is 49.4 cm³/mol. The highest BCUT2D eigenvalue weighted by Gasteiger charge is 2.08. The van der Waals surface area contributed by atoms with Crippen molar-refractivity contribution in [1.29, 1.82) is 0 Å². The van der Waals surface area contributed by atoms with E-state index in [9.17, 15) is 0 Å². The third kappa shape index (κ3) is 1.86. The molecule has 0 amide bonds. The fourth-order valence-electron chi connectivity index (χ4n) is 1.61. The monoisotopic (exact) mass is 151 g/mol. The Balaban J connectivity index is 2.86. The molecule has 62 valence electrons. The van der Waals surface area contributed by atoms with Gasteiger partial charge >= 0.3 is 0 Å². The smallest absolute Gasteiger partial charge is 0.0160 e. The first kappa shape index (κ1) is 8.38. The van der Waals surface area contributed by atoms with Gasteiger partial charge < -0.3 is 4.90 Å². The number of allylic oxidation sites excluding steroid dienone is 4. The molecule has 0 atom stereocenters. The molecule has 1 aliphatic carbocycles. The van der Waals surface area contributed by atoms with E-state index < -0.39 is 0 Å². The third-order valence-electron chi connectivity index (χ3n) is 2.21. The molecule has 0 aromatic carbocycles. The Kier molecular flexibility index (Phi) is 2.38. The summed E-state index contributed by atoms with van der Waals surface area (Å²) in [5.74, 6) is 0. The number of nitrogens with zero attached hydrogens (tertiary/aromatic N) is 1. The molecule has 0 unspecified atom stereocenters. The van der Waals surface area contributed by atoms with Gasteiger partial charge in [-0.25, -0.2) is 0 Å². The van der Waals surface area contributed by atoms with Crippen LogP contribution in [-0.2, 0) is 0 Å². The van der Waals surface area contributed by atoms with Gasteiger partial charge in [-0.15, -0.1) is 0 Å². The van der Waals surface area contributed by atoms with Gasteiger partial charge in [-0.1, -0.05) is 11.6 Å². The summed E-state index contributed by atoms with van der Waals surface area (Å²) < 4.78 is 0. The summed E-state index contributed by atoms with van der Waals surface area (Å²) in [5, 5.41) is 0. The van der Waals surface area contributed by atoms with Crippen molar-refractivity contribution in [3.63, 3.8) is 0 Å². The van der Waals surface area contributed by atoms with Gasteiger partial charge in [0, 0.05) is 19.8 Å². The molecule has 1 rings (SSSR count). The molecule has 0 saturated carbocycles. The van der Waals surface area contributed by atoms with E-state index in [1.807, 2.05) is 0 Å². The first-order valence-corrected chi connectivity index (χ1v) is 4.15. The maximum atomic E-state index is 2.29. The quantitative estimate of drug-likeness (QED) is 0.556. The summed E-state index contributed by atoms with van der Waals surface area (Å²) in [6.07, 6.45) is 4.73. The van der Waals surface area contributed by atoms with Crippen LogP contribution in [0.5, 0.6) is 0 Å². The second-order valence-corrected chi connectivity index (χ2v) is 3.51. The van der Waals surface area contributed by atoms with Crippen molar-refractivity contribution in [1.82, 2.24) is 4.90 Å². The van der Waals surface area contributed by atoms with Crippen LogP contribution in [0.15, 0.2) is 22.9 Å². The van der Waals surface area contributed by atoms with Gasteiger partial charge in [0.25, 0.3) is 0 Å². The maximum Gasteiger partial charge on any atom is 0.0160 e. The van der Waals surface area contributed by atoms with Crippen LogP contribution in [0.1, 0.15) is 26.7 Å². The summed E-state index contributed by atoms with van der Waals surface area (Å²) in [5.41, 5.74) is 4.42. The van der Waals surface area contributed by atoms with E-state index in [-0.39, 0.29) is 0 Å². The second kappa shape index (κ2) is 3.12. The van der Waals surface area contributed by atoms with Crippen LogP contribution in [-0.4, -0.2) is 19.0 Å². The van der Waals surface area contributed by atoms with Crippen LogP contribution in [0, 0.1) is 0 Å². The van der Waals surface area contributed by atoms with Crippen molar-refractivity contribution in [2.24, 2.45) is 0 Å². The number of rotatable bonds is 1. The minimum absolute atomic E-state index is 1.21. The molecule has 1 heteroatoms. The van der Waals surface area contributed by atoms with Crippen LogP contribution in [0.3, 0.4) is 0 Å². The van der Waals surface area contributed by atoms with Crippen LogP contribution >= 0.6 is 0 Å². The lowest BCUT2D eigenvalue weighted by Gasteiger charge is -2.23. The molecule has 0 aliphatic heterocycles. The van der Waals surface area contributed by atoms with E-state index in [2.05, 4.69) is 38.9 Å². The van der Waals surface area contributed by atoms with Crippen LogP contribution < -0.4 is 0 Å². The Morgan fingerprint density at radius 2 is 1.82 bits per heavy atom. The van der Waals surface area contributed by atoms with Gasteiger partial charge in [-0.05, 0) is 32.3 Å². The van der Waals surface area contributed by atoms with Crippen molar-refractivity contribution >= 4 is 0 Å². The molecule has 0 spiro atoms. The molecule has 0 saturated heterocycles. The summed E-state index contributed by atoms with van der Waals surface area (Å²) in [4.78, 5) is 2.22. The van der Waals surface area contributed by atoms with E-state index in [4.69, 9.17) is 0 Å². The van der Waals surface area contributed by atoms with E-state index in [1.165, 1.54) is 29.7 Å². The Morgan fingerprint density at radius 3 is 2.27 bits per heavy atom. The van der Waals surface area contributed by atoms with Gasteiger partial charge in [-0.3, -0.25) is 0 Å².